The molecule has 0 spiro atoms. The van der Waals surface area contributed by atoms with Gasteiger partial charge in [-0.1, -0.05) is 25.5 Å². The van der Waals surface area contributed by atoms with Crippen LogP contribution >= 0.6 is 0 Å². The Bertz CT molecular complexity index is 647. The van der Waals surface area contributed by atoms with Crippen LogP contribution in [0.4, 0.5) is 0 Å². The van der Waals surface area contributed by atoms with Crippen LogP contribution in [-0.4, -0.2) is 33.4 Å². The van der Waals surface area contributed by atoms with Gasteiger partial charge in [0.1, 0.15) is 5.82 Å². The first kappa shape index (κ1) is 14.1. The molecule has 1 aromatic heterocycles. The molecule has 4 nitrogen and oxygen atoms in total. The minimum absolute atomic E-state index is 0.238. The maximum absolute atomic E-state index is 12.2. The Morgan fingerprint density at radius 1 is 1.29 bits per heavy atom. The highest BCUT2D eigenvalue weighted by molar-refractivity contribution is 5.80. The highest BCUT2D eigenvalue weighted by atomic mass is 16.2. The number of aryl methyl sites for hydroxylation is 1. The number of para-hydroxylation sites is 2. The molecule has 21 heavy (non-hydrogen) atoms. The lowest BCUT2D eigenvalue weighted by atomic mass is 10.1. The number of hydrogen-bond acceptors (Lipinski definition) is 2. The van der Waals surface area contributed by atoms with Crippen LogP contribution in [0.2, 0.25) is 0 Å². The van der Waals surface area contributed by atoms with E-state index >= 15 is 0 Å². The van der Waals surface area contributed by atoms with E-state index in [9.17, 15) is 4.79 Å². The van der Waals surface area contributed by atoms with E-state index in [-0.39, 0.29) is 11.8 Å². The zero-order valence-electron chi connectivity index (χ0n) is 12.9. The molecule has 1 saturated heterocycles. The van der Waals surface area contributed by atoms with Crippen LogP contribution in [0.1, 0.15) is 44.9 Å². The maximum Gasteiger partial charge on any atom is 0.223 e. The van der Waals surface area contributed by atoms with Crippen molar-refractivity contribution >= 4 is 16.9 Å². The summed E-state index contributed by atoms with van der Waals surface area (Å²) >= 11 is 0. The molecule has 0 saturated carbocycles. The summed E-state index contributed by atoms with van der Waals surface area (Å²) in [4.78, 5) is 19.0. The second-order valence-corrected chi connectivity index (χ2v) is 5.80. The normalized spacial score (nSPS) is 18.9. The fourth-order valence-electron chi connectivity index (χ4n) is 3.25. The number of likely N-dealkylation sites (tertiary alicyclic amines) is 1. The first-order valence-electron chi connectivity index (χ1n) is 7.97. The Morgan fingerprint density at radius 3 is 2.86 bits per heavy atom. The molecule has 1 aliphatic rings. The van der Waals surface area contributed by atoms with E-state index in [2.05, 4.69) is 30.5 Å². The van der Waals surface area contributed by atoms with E-state index < -0.39 is 0 Å². The fourth-order valence-corrected chi connectivity index (χ4v) is 3.25. The Labute approximate surface area is 125 Å². The van der Waals surface area contributed by atoms with E-state index in [0.717, 1.165) is 43.8 Å². The molecule has 0 radical (unpaired) electrons. The number of unbranched alkanes of at least 4 members (excludes halogenated alkanes) is 1. The van der Waals surface area contributed by atoms with E-state index in [1.165, 1.54) is 5.52 Å². The molecular formula is C17H23N3O. The van der Waals surface area contributed by atoms with E-state index in [4.69, 9.17) is 4.98 Å². The highest BCUT2D eigenvalue weighted by Gasteiger charge is 2.33. The lowest BCUT2D eigenvalue weighted by Gasteiger charge is -2.16. The topological polar surface area (TPSA) is 38.1 Å². The molecule has 1 aromatic carbocycles. The lowest BCUT2D eigenvalue weighted by molar-refractivity contribution is -0.127. The summed E-state index contributed by atoms with van der Waals surface area (Å²) in [5.41, 5.74) is 2.21. The predicted octanol–water partition coefficient (Wildman–Crippen LogP) is 3.17. The molecule has 0 aliphatic carbocycles. The molecule has 1 aliphatic heterocycles. The Morgan fingerprint density at radius 2 is 2.10 bits per heavy atom. The third kappa shape index (κ3) is 2.55. The number of imidazole rings is 1. The highest BCUT2D eigenvalue weighted by Crippen LogP contribution is 2.30. The summed E-state index contributed by atoms with van der Waals surface area (Å²) in [7, 11) is 0. The summed E-state index contributed by atoms with van der Waals surface area (Å²) in [6.45, 7) is 6.91. The molecule has 112 valence electrons. The smallest absolute Gasteiger partial charge is 0.223 e. The van der Waals surface area contributed by atoms with Gasteiger partial charge in [0.25, 0.3) is 0 Å². The lowest BCUT2D eigenvalue weighted by Crippen LogP contribution is -2.26. The number of aromatic nitrogens is 2. The quantitative estimate of drug-likeness (QED) is 0.846. The fraction of sp³-hybridized carbons (Fsp3) is 0.529. The third-order valence-corrected chi connectivity index (χ3v) is 4.36. The Hall–Kier alpha value is -1.84. The summed E-state index contributed by atoms with van der Waals surface area (Å²) in [6, 6.07) is 8.23. The van der Waals surface area contributed by atoms with Crippen molar-refractivity contribution in [2.75, 3.05) is 13.1 Å². The van der Waals surface area contributed by atoms with Gasteiger partial charge in [0.05, 0.1) is 11.0 Å². The minimum atomic E-state index is 0.238. The molecule has 0 bridgehead atoms. The van der Waals surface area contributed by atoms with Crippen molar-refractivity contribution < 1.29 is 4.79 Å². The molecule has 2 aromatic rings. The van der Waals surface area contributed by atoms with Gasteiger partial charge < -0.3 is 9.47 Å². The summed E-state index contributed by atoms with van der Waals surface area (Å²) in [5.74, 6) is 1.59. The number of benzene rings is 1. The van der Waals surface area contributed by atoms with Crippen molar-refractivity contribution in [3.63, 3.8) is 0 Å². The summed E-state index contributed by atoms with van der Waals surface area (Å²) in [6.07, 6.45) is 2.82. The van der Waals surface area contributed by atoms with Crippen molar-refractivity contribution in [1.29, 1.82) is 0 Å². The van der Waals surface area contributed by atoms with Crippen LogP contribution < -0.4 is 0 Å². The van der Waals surface area contributed by atoms with E-state index in [0.29, 0.717) is 6.42 Å². The van der Waals surface area contributed by atoms with Crippen molar-refractivity contribution in [3.8, 4) is 0 Å². The van der Waals surface area contributed by atoms with Gasteiger partial charge in [-0.25, -0.2) is 4.98 Å². The number of fused-ring (bicyclic) bond motifs is 1. The van der Waals surface area contributed by atoms with Gasteiger partial charge in [-0.2, -0.15) is 0 Å². The molecule has 1 atom stereocenters. The Kier molecular flexibility index (Phi) is 3.95. The Balaban J connectivity index is 1.89. The van der Waals surface area contributed by atoms with Gasteiger partial charge in [-0.05, 0) is 25.5 Å². The van der Waals surface area contributed by atoms with Gasteiger partial charge in [0, 0.05) is 32.0 Å². The SMILES string of the molecule is CCCCN1CC(c2nc3ccccc3n2CC)CC1=O. The van der Waals surface area contributed by atoms with Crippen LogP contribution in [-0.2, 0) is 11.3 Å². The molecular weight excluding hydrogens is 262 g/mol. The second-order valence-electron chi connectivity index (χ2n) is 5.80. The van der Waals surface area contributed by atoms with Crippen molar-refractivity contribution in [1.82, 2.24) is 14.5 Å². The zero-order valence-corrected chi connectivity index (χ0v) is 12.9. The van der Waals surface area contributed by atoms with Gasteiger partial charge in [0.2, 0.25) is 5.91 Å². The maximum atomic E-state index is 12.2. The number of carbonyl (C=O) groups is 1. The predicted molar refractivity (Wildman–Crippen MR) is 84.3 cm³/mol. The summed E-state index contributed by atoms with van der Waals surface area (Å²) in [5, 5.41) is 0. The first-order valence-corrected chi connectivity index (χ1v) is 7.97. The monoisotopic (exact) mass is 285 g/mol. The van der Waals surface area contributed by atoms with Crippen LogP contribution in [0.25, 0.3) is 11.0 Å². The van der Waals surface area contributed by atoms with Crippen LogP contribution in [0.3, 0.4) is 0 Å². The van der Waals surface area contributed by atoms with E-state index in [1.54, 1.807) is 0 Å². The molecule has 0 N–H and O–H groups in total. The van der Waals surface area contributed by atoms with Gasteiger partial charge in [0.15, 0.2) is 0 Å². The standard InChI is InChI=1S/C17H23N3O/c1-3-5-10-19-12-13(11-16(19)21)17-18-14-8-6-7-9-15(14)20(17)4-2/h6-9,13H,3-5,10-12H2,1-2H3. The number of carbonyl (C=O) groups excluding carboxylic acids is 1. The molecule has 1 unspecified atom stereocenters. The van der Waals surface area contributed by atoms with Crippen LogP contribution in [0, 0.1) is 0 Å². The zero-order chi connectivity index (χ0) is 14.8. The number of rotatable bonds is 5. The van der Waals surface area contributed by atoms with Gasteiger partial charge >= 0.3 is 0 Å². The van der Waals surface area contributed by atoms with Crippen molar-refractivity contribution in [2.24, 2.45) is 0 Å². The van der Waals surface area contributed by atoms with Crippen LogP contribution in [0.5, 0.6) is 0 Å². The van der Waals surface area contributed by atoms with Crippen LogP contribution in [0.15, 0.2) is 24.3 Å². The van der Waals surface area contributed by atoms with Crippen molar-refractivity contribution in [3.05, 3.63) is 30.1 Å². The average Bonchev–Trinajstić information content (AvgIpc) is 3.05. The third-order valence-electron chi connectivity index (χ3n) is 4.36. The molecule has 2 heterocycles. The molecule has 4 heteroatoms. The summed E-state index contributed by atoms with van der Waals surface area (Å²) < 4.78 is 2.26. The van der Waals surface area contributed by atoms with Gasteiger partial charge in [-0.3, -0.25) is 4.79 Å². The molecule has 1 fully saturated rings. The second kappa shape index (κ2) is 5.88. The van der Waals surface area contributed by atoms with Crippen molar-refractivity contribution in [2.45, 2.75) is 45.6 Å². The van der Waals surface area contributed by atoms with E-state index in [1.807, 2.05) is 17.0 Å². The first-order chi connectivity index (χ1) is 10.2. The number of hydrogen-bond donors (Lipinski definition) is 0. The average molecular weight is 285 g/mol. The molecule has 1 amide bonds. The number of nitrogens with zero attached hydrogens (tertiary/aromatic N) is 3. The minimum Gasteiger partial charge on any atom is -0.342 e. The largest absolute Gasteiger partial charge is 0.342 e. The molecule has 3 rings (SSSR count). The number of amides is 1. The van der Waals surface area contributed by atoms with Gasteiger partial charge in [-0.15, -0.1) is 0 Å².